The highest BCUT2D eigenvalue weighted by atomic mass is 32.2. The molecule has 23 heavy (non-hydrogen) atoms. The van der Waals surface area contributed by atoms with Crippen molar-refractivity contribution >= 4 is 17.3 Å². The maximum absolute atomic E-state index is 9.08. The van der Waals surface area contributed by atoms with E-state index in [9.17, 15) is 0 Å². The van der Waals surface area contributed by atoms with Crippen LogP contribution in [0.25, 0.3) is 5.57 Å². The number of hydrogen-bond donors (Lipinski definition) is 0. The van der Waals surface area contributed by atoms with E-state index in [0.29, 0.717) is 18.8 Å². The molecule has 0 fully saturated rings. The quantitative estimate of drug-likeness (QED) is 0.819. The molecule has 0 spiro atoms. The van der Waals surface area contributed by atoms with Gasteiger partial charge >= 0.3 is 0 Å². The third-order valence-corrected chi connectivity index (χ3v) is 4.64. The summed E-state index contributed by atoms with van der Waals surface area (Å²) in [7, 11) is 1.66. The molecule has 1 aliphatic heterocycles. The molecule has 0 aliphatic carbocycles. The first-order valence-corrected chi connectivity index (χ1v) is 8.40. The van der Waals surface area contributed by atoms with Gasteiger partial charge in [0, 0.05) is 5.75 Å². The molecule has 0 aromatic heterocycles. The molecule has 116 valence electrons. The monoisotopic (exact) mass is 323 g/mol. The Balaban J connectivity index is 1.67. The van der Waals surface area contributed by atoms with Crippen molar-refractivity contribution in [1.29, 1.82) is 5.26 Å². The van der Waals surface area contributed by atoms with E-state index in [-0.39, 0.29) is 0 Å². The summed E-state index contributed by atoms with van der Waals surface area (Å²) >= 11 is 1.77. The minimum Gasteiger partial charge on any atom is -0.497 e. The third kappa shape index (κ3) is 3.76. The van der Waals surface area contributed by atoms with E-state index in [4.69, 9.17) is 14.7 Å². The van der Waals surface area contributed by atoms with Crippen molar-refractivity contribution in [1.82, 2.24) is 0 Å². The summed E-state index contributed by atoms with van der Waals surface area (Å²) in [5, 5.41) is 11.2. The van der Waals surface area contributed by atoms with Gasteiger partial charge in [0.25, 0.3) is 0 Å². The maximum Gasteiger partial charge on any atom is 0.119 e. The first-order valence-electron chi connectivity index (χ1n) is 7.35. The number of methoxy groups -OCH3 is 1. The number of nitrogens with zero attached hydrogens (tertiary/aromatic N) is 1. The van der Waals surface area contributed by atoms with Crippen molar-refractivity contribution in [2.75, 3.05) is 13.7 Å². The van der Waals surface area contributed by atoms with Gasteiger partial charge in [-0.2, -0.15) is 5.26 Å². The Hall–Kier alpha value is -2.22. The van der Waals surface area contributed by atoms with Gasteiger partial charge in [0.05, 0.1) is 32.0 Å². The Bertz CT molecular complexity index is 777. The molecule has 0 bridgehead atoms. The van der Waals surface area contributed by atoms with Crippen molar-refractivity contribution < 1.29 is 9.47 Å². The van der Waals surface area contributed by atoms with Crippen LogP contribution in [0.1, 0.15) is 22.3 Å². The second-order valence-electron chi connectivity index (χ2n) is 5.28. The van der Waals surface area contributed by atoms with Crippen LogP contribution in [0.3, 0.4) is 0 Å². The second kappa shape index (κ2) is 7.36. The summed E-state index contributed by atoms with van der Waals surface area (Å²) < 4.78 is 11.1. The zero-order valence-corrected chi connectivity index (χ0v) is 13.7. The zero-order chi connectivity index (χ0) is 16.1. The smallest absolute Gasteiger partial charge is 0.119 e. The molecule has 2 aromatic carbocycles. The van der Waals surface area contributed by atoms with Gasteiger partial charge in [-0.1, -0.05) is 18.2 Å². The summed E-state index contributed by atoms with van der Waals surface area (Å²) in [6.45, 7) is 1.07. The van der Waals surface area contributed by atoms with Gasteiger partial charge in [-0.3, -0.25) is 0 Å². The molecule has 0 saturated carbocycles. The highest BCUT2D eigenvalue weighted by Crippen LogP contribution is 2.32. The van der Waals surface area contributed by atoms with Gasteiger partial charge in [0.2, 0.25) is 0 Å². The fourth-order valence-corrected chi connectivity index (χ4v) is 3.43. The average Bonchev–Trinajstić information content (AvgIpc) is 2.61. The van der Waals surface area contributed by atoms with Crippen LogP contribution in [0, 0.1) is 11.3 Å². The molecule has 0 atom stereocenters. The summed E-state index contributed by atoms with van der Waals surface area (Å²) in [4.78, 5) is 0. The Morgan fingerprint density at radius 3 is 2.91 bits per heavy atom. The van der Waals surface area contributed by atoms with Crippen LogP contribution in [0.4, 0.5) is 0 Å². The normalized spacial score (nSPS) is 13.0. The molecular formula is C19H17NO2S. The molecule has 0 saturated heterocycles. The van der Waals surface area contributed by atoms with E-state index in [1.165, 1.54) is 5.56 Å². The van der Waals surface area contributed by atoms with Crippen LogP contribution >= 0.6 is 11.8 Å². The summed E-state index contributed by atoms with van der Waals surface area (Å²) in [6.07, 6.45) is 0. The minimum absolute atomic E-state index is 0.534. The molecule has 0 unspecified atom stereocenters. The van der Waals surface area contributed by atoms with E-state index >= 15 is 0 Å². The van der Waals surface area contributed by atoms with Crippen LogP contribution < -0.4 is 4.74 Å². The number of hydrogen-bond acceptors (Lipinski definition) is 4. The van der Waals surface area contributed by atoms with E-state index in [1.54, 1.807) is 18.9 Å². The number of benzene rings is 2. The molecule has 0 radical (unpaired) electrons. The van der Waals surface area contributed by atoms with Crippen LogP contribution in [-0.4, -0.2) is 13.7 Å². The highest BCUT2D eigenvalue weighted by Gasteiger charge is 2.14. The molecule has 0 amide bonds. The Morgan fingerprint density at radius 2 is 2.09 bits per heavy atom. The largest absolute Gasteiger partial charge is 0.497 e. The van der Waals surface area contributed by atoms with E-state index < -0.39 is 0 Å². The Kier molecular flexibility index (Phi) is 5.02. The molecule has 1 aliphatic rings. The first-order chi connectivity index (χ1) is 11.3. The average molecular weight is 323 g/mol. The zero-order valence-electron chi connectivity index (χ0n) is 12.9. The van der Waals surface area contributed by atoms with Crippen molar-refractivity contribution in [2.24, 2.45) is 0 Å². The molecule has 0 N–H and O–H groups in total. The van der Waals surface area contributed by atoms with Gasteiger partial charge < -0.3 is 9.47 Å². The lowest BCUT2D eigenvalue weighted by Crippen LogP contribution is -2.04. The Labute approximate surface area is 140 Å². The number of ether oxygens (including phenoxy) is 2. The summed E-state index contributed by atoms with van der Waals surface area (Å²) in [6, 6.07) is 15.9. The number of nitriles is 1. The van der Waals surface area contributed by atoms with Gasteiger partial charge in [0.15, 0.2) is 0 Å². The van der Waals surface area contributed by atoms with Crippen molar-refractivity contribution in [3.63, 3.8) is 0 Å². The Morgan fingerprint density at radius 1 is 1.17 bits per heavy atom. The number of fused-ring (bicyclic) bond motifs is 1. The summed E-state index contributed by atoms with van der Waals surface area (Å²) in [5.74, 6) is 1.78. The predicted octanol–water partition coefficient (Wildman–Crippen LogP) is 4.37. The minimum atomic E-state index is 0.534. The maximum atomic E-state index is 9.08. The van der Waals surface area contributed by atoms with Crippen LogP contribution in [-0.2, 0) is 17.1 Å². The molecule has 1 heterocycles. The van der Waals surface area contributed by atoms with E-state index in [1.807, 2.05) is 42.5 Å². The van der Waals surface area contributed by atoms with E-state index in [2.05, 4.69) is 11.5 Å². The molecular weight excluding hydrogens is 306 g/mol. The first kappa shape index (κ1) is 15.7. The lowest BCUT2D eigenvalue weighted by atomic mass is 9.99. The van der Waals surface area contributed by atoms with Gasteiger partial charge in [-0.05, 0) is 51.9 Å². The van der Waals surface area contributed by atoms with Gasteiger partial charge in [-0.15, -0.1) is 11.8 Å². The third-order valence-electron chi connectivity index (χ3n) is 3.71. The number of rotatable bonds is 5. The lowest BCUT2D eigenvalue weighted by Gasteiger charge is -2.18. The van der Waals surface area contributed by atoms with Crippen LogP contribution in [0.2, 0.25) is 0 Å². The number of thioether (sulfide) groups is 1. The van der Waals surface area contributed by atoms with Crippen molar-refractivity contribution in [2.45, 2.75) is 12.4 Å². The van der Waals surface area contributed by atoms with Crippen LogP contribution in [0.15, 0.2) is 47.9 Å². The fourth-order valence-electron chi connectivity index (χ4n) is 2.52. The molecule has 3 nitrogen and oxygen atoms in total. The topological polar surface area (TPSA) is 42.2 Å². The standard InChI is InChI=1S/C19H17NO2S/c1-21-18-4-2-3-15(7-18)10-22-11-17-13-23-12-16-6-5-14(9-20)8-19(16)17/h2-8,13H,10-12H2,1H3. The fraction of sp³-hybridized carbons (Fsp3) is 0.211. The lowest BCUT2D eigenvalue weighted by molar-refractivity contribution is 0.153. The highest BCUT2D eigenvalue weighted by molar-refractivity contribution is 8.01. The van der Waals surface area contributed by atoms with E-state index in [0.717, 1.165) is 28.2 Å². The van der Waals surface area contributed by atoms with Gasteiger partial charge in [0.1, 0.15) is 5.75 Å². The van der Waals surface area contributed by atoms with Crippen molar-refractivity contribution in [3.8, 4) is 11.8 Å². The molecule has 3 rings (SSSR count). The molecule has 4 heteroatoms. The second-order valence-corrected chi connectivity index (χ2v) is 6.14. The van der Waals surface area contributed by atoms with Crippen LogP contribution in [0.5, 0.6) is 5.75 Å². The van der Waals surface area contributed by atoms with Gasteiger partial charge in [-0.25, -0.2) is 0 Å². The molecule has 2 aromatic rings. The SMILES string of the molecule is COc1cccc(COCC2=CSCc3ccc(C#N)cc32)c1. The van der Waals surface area contributed by atoms with Crippen molar-refractivity contribution in [3.05, 3.63) is 70.1 Å². The predicted molar refractivity (Wildman–Crippen MR) is 93.1 cm³/mol. The summed E-state index contributed by atoms with van der Waals surface area (Å²) in [5.41, 5.74) is 5.30.